The maximum atomic E-state index is 12.4. The van der Waals surface area contributed by atoms with Crippen LogP contribution >= 0.6 is 12.4 Å². The molecule has 0 radical (unpaired) electrons. The van der Waals surface area contributed by atoms with Gasteiger partial charge in [0, 0.05) is 24.7 Å². The number of aryl methyl sites for hydroxylation is 1. The molecule has 0 aromatic carbocycles. The first kappa shape index (κ1) is 16.7. The van der Waals surface area contributed by atoms with E-state index in [1.165, 1.54) is 0 Å². The van der Waals surface area contributed by atoms with E-state index in [0.717, 1.165) is 37.0 Å². The lowest BCUT2D eigenvalue weighted by Crippen LogP contribution is -2.32. The lowest BCUT2D eigenvalue weighted by molar-refractivity contribution is 0.0955. The Morgan fingerprint density at radius 3 is 2.86 bits per heavy atom. The van der Waals surface area contributed by atoms with E-state index in [4.69, 9.17) is 4.52 Å². The Kier molecular flexibility index (Phi) is 5.37. The zero-order valence-corrected chi connectivity index (χ0v) is 13.6. The standard InChI is InChI=1S/C15H20N4O2.ClH/c1-3-16-6-7-17-14(20)11-8-12(10-4-5-10)18-15-13(11)9(2)19-21-15;/h8,10,16H,3-7H2,1-2H3,(H,17,20);1H. The van der Waals surface area contributed by atoms with Crippen molar-refractivity contribution in [2.24, 2.45) is 0 Å². The fraction of sp³-hybridized carbons (Fsp3) is 0.533. The van der Waals surface area contributed by atoms with Crippen LogP contribution in [0.1, 0.15) is 47.4 Å². The van der Waals surface area contributed by atoms with Crippen LogP contribution in [-0.4, -0.2) is 35.7 Å². The van der Waals surface area contributed by atoms with Crippen molar-refractivity contribution in [2.45, 2.75) is 32.6 Å². The van der Waals surface area contributed by atoms with E-state index in [-0.39, 0.29) is 18.3 Å². The highest BCUT2D eigenvalue weighted by atomic mass is 35.5. The second kappa shape index (κ2) is 7.07. The van der Waals surface area contributed by atoms with E-state index < -0.39 is 0 Å². The second-order valence-electron chi connectivity index (χ2n) is 5.43. The van der Waals surface area contributed by atoms with Gasteiger partial charge in [-0.05, 0) is 32.4 Å². The first-order valence-electron chi connectivity index (χ1n) is 7.46. The molecule has 0 spiro atoms. The maximum Gasteiger partial charge on any atom is 0.259 e. The van der Waals surface area contributed by atoms with Crippen LogP contribution in [-0.2, 0) is 0 Å². The number of pyridine rings is 1. The number of hydrogen-bond acceptors (Lipinski definition) is 5. The number of carbonyl (C=O) groups excluding carboxylic acids is 1. The second-order valence-corrected chi connectivity index (χ2v) is 5.43. The van der Waals surface area contributed by atoms with Crippen LogP contribution in [0.3, 0.4) is 0 Å². The summed E-state index contributed by atoms with van der Waals surface area (Å²) in [6.45, 7) is 6.12. The van der Waals surface area contributed by atoms with Gasteiger partial charge in [-0.1, -0.05) is 12.1 Å². The third kappa shape index (κ3) is 3.39. The predicted octanol–water partition coefficient (Wildman–Crippen LogP) is 2.17. The van der Waals surface area contributed by atoms with Gasteiger partial charge < -0.3 is 15.2 Å². The third-order valence-corrected chi connectivity index (χ3v) is 3.71. The van der Waals surface area contributed by atoms with Crippen molar-refractivity contribution in [3.05, 3.63) is 23.0 Å². The van der Waals surface area contributed by atoms with E-state index in [0.29, 0.717) is 29.4 Å². The summed E-state index contributed by atoms with van der Waals surface area (Å²) in [6, 6.07) is 1.90. The Morgan fingerprint density at radius 2 is 2.18 bits per heavy atom. The molecule has 2 N–H and O–H groups in total. The van der Waals surface area contributed by atoms with Gasteiger partial charge in [0.05, 0.1) is 16.6 Å². The molecule has 0 atom stereocenters. The molecule has 7 heteroatoms. The fourth-order valence-electron chi connectivity index (χ4n) is 2.42. The summed E-state index contributed by atoms with van der Waals surface area (Å²) < 4.78 is 5.25. The highest BCUT2D eigenvalue weighted by molar-refractivity contribution is 6.06. The number of amides is 1. The zero-order valence-electron chi connectivity index (χ0n) is 12.8. The number of fused-ring (bicyclic) bond motifs is 1. The minimum Gasteiger partial charge on any atom is -0.351 e. The van der Waals surface area contributed by atoms with Crippen molar-refractivity contribution in [1.82, 2.24) is 20.8 Å². The van der Waals surface area contributed by atoms with Crippen LogP contribution in [0.5, 0.6) is 0 Å². The summed E-state index contributed by atoms with van der Waals surface area (Å²) in [7, 11) is 0. The van der Waals surface area contributed by atoms with Gasteiger partial charge in [-0.25, -0.2) is 4.98 Å². The number of carbonyl (C=O) groups is 1. The highest BCUT2D eigenvalue weighted by Gasteiger charge is 2.28. The summed E-state index contributed by atoms with van der Waals surface area (Å²) in [5.41, 5.74) is 2.73. The molecule has 2 aromatic heterocycles. The molecule has 2 heterocycles. The molecule has 22 heavy (non-hydrogen) atoms. The monoisotopic (exact) mass is 324 g/mol. The summed E-state index contributed by atoms with van der Waals surface area (Å²) >= 11 is 0. The number of likely N-dealkylation sites (N-methyl/N-ethyl adjacent to an activating group) is 1. The molecule has 0 aliphatic heterocycles. The molecule has 0 bridgehead atoms. The average molecular weight is 325 g/mol. The highest BCUT2D eigenvalue weighted by Crippen LogP contribution is 2.40. The van der Waals surface area contributed by atoms with E-state index in [2.05, 4.69) is 20.8 Å². The van der Waals surface area contributed by atoms with Crippen LogP contribution in [0.25, 0.3) is 11.1 Å². The Hall–Kier alpha value is -1.66. The van der Waals surface area contributed by atoms with Crippen molar-refractivity contribution in [1.29, 1.82) is 0 Å². The smallest absolute Gasteiger partial charge is 0.259 e. The van der Waals surface area contributed by atoms with Gasteiger partial charge in [0.25, 0.3) is 11.6 Å². The number of hydrogen-bond donors (Lipinski definition) is 2. The van der Waals surface area contributed by atoms with Gasteiger partial charge in [0.1, 0.15) is 0 Å². The van der Waals surface area contributed by atoms with Crippen LogP contribution in [0, 0.1) is 6.92 Å². The van der Waals surface area contributed by atoms with Crippen molar-refractivity contribution < 1.29 is 9.32 Å². The summed E-state index contributed by atoms with van der Waals surface area (Å²) in [5, 5.41) is 10.8. The van der Waals surface area contributed by atoms with Gasteiger partial charge in [-0.2, -0.15) is 0 Å². The van der Waals surface area contributed by atoms with Gasteiger partial charge in [0.2, 0.25) is 0 Å². The predicted molar refractivity (Wildman–Crippen MR) is 86.6 cm³/mol. The molecule has 1 aliphatic rings. The molecular formula is C15H21ClN4O2. The number of aromatic nitrogens is 2. The quantitative estimate of drug-likeness (QED) is 0.796. The summed E-state index contributed by atoms with van der Waals surface area (Å²) in [6.07, 6.45) is 2.26. The molecule has 1 aliphatic carbocycles. The topological polar surface area (TPSA) is 80.0 Å². The van der Waals surface area contributed by atoms with E-state index >= 15 is 0 Å². The molecule has 3 rings (SSSR count). The van der Waals surface area contributed by atoms with Crippen LogP contribution in [0.4, 0.5) is 0 Å². The SMILES string of the molecule is CCNCCNC(=O)c1cc(C2CC2)nc2onc(C)c12.Cl. The molecule has 120 valence electrons. The lowest BCUT2D eigenvalue weighted by Gasteiger charge is -2.08. The molecular weight excluding hydrogens is 304 g/mol. The average Bonchev–Trinajstić information content (AvgIpc) is 3.27. The van der Waals surface area contributed by atoms with Crippen LogP contribution in [0.15, 0.2) is 10.6 Å². The molecule has 1 amide bonds. The Bertz CT molecular complexity index is 667. The van der Waals surface area contributed by atoms with Crippen molar-refractivity contribution in [2.75, 3.05) is 19.6 Å². The summed E-state index contributed by atoms with van der Waals surface area (Å²) in [5.74, 6) is 0.376. The first-order valence-corrected chi connectivity index (χ1v) is 7.46. The third-order valence-electron chi connectivity index (χ3n) is 3.71. The zero-order chi connectivity index (χ0) is 14.8. The van der Waals surface area contributed by atoms with Gasteiger partial charge in [-0.15, -0.1) is 12.4 Å². The molecule has 2 aromatic rings. The molecule has 0 unspecified atom stereocenters. The van der Waals surface area contributed by atoms with Gasteiger partial charge >= 0.3 is 0 Å². The number of nitrogens with one attached hydrogen (secondary N) is 2. The largest absolute Gasteiger partial charge is 0.351 e. The number of nitrogens with zero attached hydrogens (tertiary/aromatic N) is 2. The Morgan fingerprint density at radius 1 is 1.41 bits per heavy atom. The van der Waals surface area contributed by atoms with E-state index in [1.807, 2.05) is 19.9 Å². The first-order chi connectivity index (χ1) is 10.2. The number of rotatable bonds is 6. The van der Waals surface area contributed by atoms with Gasteiger partial charge in [-0.3, -0.25) is 4.79 Å². The van der Waals surface area contributed by atoms with Crippen molar-refractivity contribution in [3.63, 3.8) is 0 Å². The van der Waals surface area contributed by atoms with Gasteiger partial charge in [0.15, 0.2) is 0 Å². The normalized spacial score (nSPS) is 13.9. The van der Waals surface area contributed by atoms with Crippen LogP contribution < -0.4 is 10.6 Å². The fourth-order valence-corrected chi connectivity index (χ4v) is 2.42. The van der Waals surface area contributed by atoms with Crippen LogP contribution in [0.2, 0.25) is 0 Å². The molecule has 1 saturated carbocycles. The minimum absolute atomic E-state index is 0. The van der Waals surface area contributed by atoms with E-state index in [1.54, 1.807) is 0 Å². The Balaban J connectivity index is 0.00000176. The van der Waals surface area contributed by atoms with Crippen molar-refractivity contribution >= 4 is 29.4 Å². The van der Waals surface area contributed by atoms with Crippen molar-refractivity contribution in [3.8, 4) is 0 Å². The maximum absolute atomic E-state index is 12.4. The summed E-state index contributed by atoms with van der Waals surface area (Å²) in [4.78, 5) is 16.9. The Labute approximate surface area is 135 Å². The minimum atomic E-state index is -0.0893. The lowest BCUT2D eigenvalue weighted by atomic mass is 10.1. The molecule has 1 fully saturated rings. The number of halogens is 1. The molecule has 0 saturated heterocycles. The van der Waals surface area contributed by atoms with E-state index in [9.17, 15) is 4.79 Å². The molecule has 6 nitrogen and oxygen atoms in total.